The summed E-state index contributed by atoms with van der Waals surface area (Å²) in [7, 11) is 0. The first kappa shape index (κ1) is 12.9. The van der Waals surface area contributed by atoms with E-state index in [1.165, 1.54) is 12.1 Å². The first-order valence-electron chi connectivity index (χ1n) is 5.54. The highest BCUT2D eigenvalue weighted by Gasteiger charge is 2.05. The SMILES string of the molecule is N#Cc1ccc(NCc2ccc(C(F)F)cc2)nn1. The van der Waals surface area contributed by atoms with Crippen molar-refractivity contribution in [3.63, 3.8) is 0 Å². The maximum absolute atomic E-state index is 12.4. The van der Waals surface area contributed by atoms with Crippen molar-refractivity contribution in [1.29, 1.82) is 5.26 Å². The van der Waals surface area contributed by atoms with Crippen LogP contribution in [-0.4, -0.2) is 10.2 Å². The van der Waals surface area contributed by atoms with Crippen LogP contribution in [0, 0.1) is 11.3 Å². The van der Waals surface area contributed by atoms with Crippen LogP contribution in [0.2, 0.25) is 0 Å². The van der Waals surface area contributed by atoms with E-state index in [-0.39, 0.29) is 11.3 Å². The molecule has 0 unspecified atom stereocenters. The molecule has 1 aromatic carbocycles. The molecule has 1 N–H and O–H groups in total. The Morgan fingerprint density at radius 2 is 1.84 bits per heavy atom. The zero-order valence-corrected chi connectivity index (χ0v) is 9.85. The number of rotatable bonds is 4. The molecule has 0 aliphatic heterocycles. The molecule has 0 atom stereocenters. The van der Waals surface area contributed by atoms with Crippen LogP contribution in [0.4, 0.5) is 14.6 Å². The fraction of sp³-hybridized carbons (Fsp3) is 0.154. The van der Waals surface area contributed by atoms with Crippen LogP contribution in [-0.2, 0) is 6.54 Å². The molecular weight excluding hydrogens is 250 g/mol. The first-order chi connectivity index (χ1) is 9.19. The maximum atomic E-state index is 12.4. The van der Waals surface area contributed by atoms with Gasteiger partial charge in [0.05, 0.1) is 0 Å². The van der Waals surface area contributed by atoms with Gasteiger partial charge in [-0.2, -0.15) is 5.26 Å². The van der Waals surface area contributed by atoms with Crippen molar-refractivity contribution in [2.24, 2.45) is 0 Å². The molecule has 1 heterocycles. The second-order valence-electron chi connectivity index (χ2n) is 3.81. The van der Waals surface area contributed by atoms with E-state index in [1.54, 1.807) is 24.3 Å². The van der Waals surface area contributed by atoms with E-state index in [2.05, 4.69) is 15.5 Å². The average molecular weight is 260 g/mol. The van der Waals surface area contributed by atoms with Gasteiger partial charge in [-0.3, -0.25) is 0 Å². The zero-order chi connectivity index (χ0) is 13.7. The quantitative estimate of drug-likeness (QED) is 0.918. The van der Waals surface area contributed by atoms with Crippen LogP contribution in [0.3, 0.4) is 0 Å². The molecule has 1 aromatic heterocycles. The Hall–Kier alpha value is -2.55. The lowest BCUT2D eigenvalue weighted by molar-refractivity contribution is 0.151. The molecule has 0 spiro atoms. The minimum Gasteiger partial charge on any atom is -0.365 e. The Labute approximate surface area is 108 Å². The van der Waals surface area contributed by atoms with Gasteiger partial charge in [-0.05, 0) is 17.7 Å². The Morgan fingerprint density at radius 1 is 1.11 bits per heavy atom. The molecule has 2 rings (SSSR count). The van der Waals surface area contributed by atoms with Gasteiger partial charge in [-0.15, -0.1) is 10.2 Å². The van der Waals surface area contributed by atoms with E-state index < -0.39 is 6.43 Å². The lowest BCUT2D eigenvalue weighted by Gasteiger charge is -2.06. The van der Waals surface area contributed by atoms with Crippen molar-refractivity contribution in [3.05, 3.63) is 53.2 Å². The summed E-state index contributed by atoms with van der Waals surface area (Å²) in [6.45, 7) is 0.449. The number of halogens is 2. The highest BCUT2D eigenvalue weighted by Crippen LogP contribution is 2.18. The largest absolute Gasteiger partial charge is 0.365 e. The number of hydrogen-bond acceptors (Lipinski definition) is 4. The summed E-state index contributed by atoms with van der Waals surface area (Å²) in [6.07, 6.45) is -2.45. The first-order valence-corrected chi connectivity index (χ1v) is 5.54. The summed E-state index contributed by atoms with van der Waals surface area (Å²) in [5.41, 5.74) is 1.10. The van der Waals surface area contributed by atoms with Crippen LogP contribution >= 0.6 is 0 Å². The van der Waals surface area contributed by atoms with Crippen LogP contribution in [0.5, 0.6) is 0 Å². The van der Waals surface area contributed by atoms with Gasteiger partial charge in [0, 0.05) is 12.1 Å². The van der Waals surface area contributed by atoms with Crippen molar-refractivity contribution in [2.75, 3.05) is 5.32 Å². The minimum absolute atomic E-state index is 0.00177. The summed E-state index contributed by atoms with van der Waals surface area (Å²) in [6, 6.07) is 11.1. The van der Waals surface area contributed by atoms with E-state index in [9.17, 15) is 8.78 Å². The topological polar surface area (TPSA) is 61.6 Å². The number of nitrogens with one attached hydrogen (secondary N) is 1. The Morgan fingerprint density at radius 3 is 2.37 bits per heavy atom. The maximum Gasteiger partial charge on any atom is 0.263 e. The smallest absolute Gasteiger partial charge is 0.263 e. The molecule has 0 aliphatic rings. The van der Waals surface area contributed by atoms with Crippen molar-refractivity contribution < 1.29 is 8.78 Å². The molecule has 2 aromatic rings. The van der Waals surface area contributed by atoms with Gasteiger partial charge in [0.2, 0.25) is 0 Å². The molecule has 0 bridgehead atoms. The van der Waals surface area contributed by atoms with Crippen LogP contribution in [0.25, 0.3) is 0 Å². The minimum atomic E-state index is -2.45. The summed E-state index contributed by atoms with van der Waals surface area (Å²) in [5, 5.41) is 19.0. The van der Waals surface area contributed by atoms with E-state index in [0.29, 0.717) is 12.4 Å². The highest BCUT2D eigenvalue weighted by atomic mass is 19.3. The molecular formula is C13H10F2N4. The number of hydrogen-bond donors (Lipinski definition) is 1. The van der Waals surface area contributed by atoms with Crippen molar-refractivity contribution in [3.8, 4) is 6.07 Å². The van der Waals surface area contributed by atoms with Crippen molar-refractivity contribution in [2.45, 2.75) is 13.0 Å². The lowest BCUT2D eigenvalue weighted by atomic mass is 10.1. The van der Waals surface area contributed by atoms with Gasteiger partial charge in [-0.1, -0.05) is 24.3 Å². The van der Waals surface area contributed by atoms with E-state index >= 15 is 0 Å². The second kappa shape index (κ2) is 5.87. The lowest BCUT2D eigenvalue weighted by Crippen LogP contribution is -2.02. The van der Waals surface area contributed by atoms with Gasteiger partial charge >= 0.3 is 0 Å². The van der Waals surface area contributed by atoms with Crippen molar-refractivity contribution >= 4 is 5.82 Å². The van der Waals surface area contributed by atoms with Crippen molar-refractivity contribution in [1.82, 2.24) is 10.2 Å². The highest BCUT2D eigenvalue weighted by molar-refractivity contribution is 5.36. The number of alkyl halides is 2. The van der Waals surface area contributed by atoms with Gasteiger partial charge in [-0.25, -0.2) is 8.78 Å². The standard InChI is InChI=1S/C13H10F2N4/c14-13(15)10-3-1-9(2-4-10)8-17-12-6-5-11(7-16)18-19-12/h1-6,13H,8H2,(H,17,19). The molecule has 0 saturated carbocycles. The number of nitrogens with zero attached hydrogens (tertiary/aromatic N) is 3. The molecule has 0 amide bonds. The number of aromatic nitrogens is 2. The third kappa shape index (κ3) is 3.45. The predicted molar refractivity (Wildman–Crippen MR) is 65.5 cm³/mol. The fourth-order valence-electron chi connectivity index (χ4n) is 1.46. The predicted octanol–water partition coefficient (Wildman–Crippen LogP) is 2.90. The second-order valence-corrected chi connectivity index (χ2v) is 3.81. The monoisotopic (exact) mass is 260 g/mol. The molecule has 0 saturated heterocycles. The van der Waals surface area contributed by atoms with Gasteiger partial charge < -0.3 is 5.32 Å². The van der Waals surface area contributed by atoms with Crippen LogP contribution < -0.4 is 5.32 Å². The Balaban J connectivity index is 1.96. The Bertz CT molecular complexity index is 573. The number of nitriles is 1. The summed E-state index contributed by atoms with van der Waals surface area (Å²) in [5.74, 6) is 0.525. The normalized spacial score (nSPS) is 10.2. The molecule has 4 nitrogen and oxygen atoms in total. The summed E-state index contributed by atoms with van der Waals surface area (Å²) >= 11 is 0. The number of benzene rings is 1. The fourth-order valence-corrected chi connectivity index (χ4v) is 1.46. The third-order valence-electron chi connectivity index (χ3n) is 2.48. The zero-order valence-electron chi connectivity index (χ0n) is 9.85. The molecule has 96 valence electrons. The number of anilines is 1. The molecule has 0 radical (unpaired) electrons. The molecule has 0 fully saturated rings. The van der Waals surface area contributed by atoms with E-state index in [4.69, 9.17) is 5.26 Å². The van der Waals surface area contributed by atoms with Gasteiger partial charge in [0.15, 0.2) is 5.69 Å². The van der Waals surface area contributed by atoms with Crippen LogP contribution in [0.1, 0.15) is 23.2 Å². The van der Waals surface area contributed by atoms with Gasteiger partial charge in [0.25, 0.3) is 6.43 Å². The summed E-state index contributed by atoms with van der Waals surface area (Å²) in [4.78, 5) is 0. The molecule has 19 heavy (non-hydrogen) atoms. The molecule has 6 heteroatoms. The van der Waals surface area contributed by atoms with Gasteiger partial charge in [0.1, 0.15) is 11.9 Å². The van der Waals surface area contributed by atoms with Crippen LogP contribution in [0.15, 0.2) is 36.4 Å². The Kier molecular flexibility index (Phi) is 3.98. The van der Waals surface area contributed by atoms with E-state index in [0.717, 1.165) is 5.56 Å². The third-order valence-corrected chi connectivity index (χ3v) is 2.48. The van der Waals surface area contributed by atoms with E-state index in [1.807, 2.05) is 6.07 Å². The average Bonchev–Trinajstić information content (AvgIpc) is 2.46. The summed E-state index contributed by atoms with van der Waals surface area (Å²) < 4.78 is 24.7. The molecule has 0 aliphatic carbocycles.